The number of phosphoric acid groups is 1. The van der Waals surface area contributed by atoms with Crippen molar-refractivity contribution in [2.45, 2.75) is 38.2 Å². The molecule has 0 heterocycles. The summed E-state index contributed by atoms with van der Waals surface area (Å²) in [6, 6.07) is 23.5. The summed E-state index contributed by atoms with van der Waals surface area (Å²) in [5, 5.41) is 0. The van der Waals surface area contributed by atoms with Crippen LogP contribution in [0.5, 0.6) is 23.0 Å². The van der Waals surface area contributed by atoms with Crippen molar-refractivity contribution >= 4 is 16.1 Å². The minimum absolute atomic E-state index is 0.0550. The quantitative estimate of drug-likeness (QED) is 0.271. The molecule has 0 radical (unpaired) electrons. The Morgan fingerprint density at radius 1 is 0.667 bits per heavy atom. The zero-order valence-electron chi connectivity index (χ0n) is 17.9. The third-order valence-electron chi connectivity index (χ3n) is 4.91. The van der Waals surface area contributed by atoms with Crippen molar-refractivity contribution in [2.75, 3.05) is 0 Å². The Balaban J connectivity index is 1.47. The highest BCUT2D eigenvalue weighted by Gasteiger charge is 2.34. The summed E-state index contributed by atoms with van der Waals surface area (Å²) in [6.45, 7) is 0. The minimum Gasteiger partial charge on any atom is -0.386 e. The maximum atomic E-state index is 13.5. The number of para-hydroxylation sites is 2. The van der Waals surface area contributed by atoms with E-state index in [2.05, 4.69) is 0 Å². The predicted octanol–water partition coefficient (Wildman–Crippen LogP) is 7.72. The molecule has 0 saturated heterocycles. The van der Waals surface area contributed by atoms with E-state index in [1.807, 2.05) is 12.1 Å². The van der Waals surface area contributed by atoms with Gasteiger partial charge in [-0.05, 0) is 49.2 Å². The molecule has 1 atom stereocenters. The molecule has 3 aromatic carbocycles. The summed E-state index contributed by atoms with van der Waals surface area (Å²) >= 11 is 0. The number of rotatable bonds is 10. The van der Waals surface area contributed by atoms with E-state index in [1.54, 1.807) is 66.7 Å². The van der Waals surface area contributed by atoms with Gasteiger partial charge < -0.3 is 13.6 Å². The van der Waals surface area contributed by atoms with Crippen LogP contribution < -0.4 is 18.1 Å². The molecule has 1 saturated carbocycles. The van der Waals surface area contributed by atoms with Crippen molar-refractivity contribution in [3.8, 4) is 23.0 Å². The zero-order valence-corrected chi connectivity index (χ0v) is 19.7. The summed E-state index contributed by atoms with van der Waals surface area (Å²) in [5.41, 5.74) is 0. The van der Waals surface area contributed by atoms with Crippen LogP contribution in [0.1, 0.15) is 32.1 Å². The lowest BCUT2D eigenvalue weighted by molar-refractivity contribution is 0.149. The summed E-state index contributed by atoms with van der Waals surface area (Å²) in [7, 11) is -6.47. The first-order valence-electron chi connectivity index (χ1n) is 10.8. The van der Waals surface area contributed by atoms with Crippen LogP contribution in [0.3, 0.4) is 0 Å². The molecule has 0 aliphatic heterocycles. The summed E-state index contributed by atoms with van der Waals surface area (Å²) in [4.78, 5) is 0. The summed E-state index contributed by atoms with van der Waals surface area (Å²) in [5.74, 6) is 1.08. The molecule has 3 aromatic rings. The smallest absolute Gasteiger partial charge is 0.386 e. The molecule has 0 N–H and O–H groups in total. The number of benzene rings is 3. The fraction of sp³-hybridized carbons (Fsp3) is 0.250. The molecule has 0 bridgehead atoms. The molecule has 0 amide bonds. The Hall–Kier alpha value is -2.85. The van der Waals surface area contributed by atoms with Crippen LogP contribution in [0, 0.1) is 0 Å². The molecule has 172 valence electrons. The molecule has 0 aromatic heterocycles. The predicted molar refractivity (Wildman–Crippen MR) is 125 cm³/mol. The van der Waals surface area contributed by atoms with Crippen LogP contribution >= 0.6 is 16.1 Å². The Bertz CT molecular complexity index is 1040. The van der Waals surface area contributed by atoms with Gasteiger partial charge in [-0.25, -0.2) is 4.52 Å². The summed E-state index contributed by atoms with van der Waals surface area (Å²) in [6.07, 6.45) is 5.01. The first kappa shape index (κ1) is 23.3. The van der Waals surface area contributed by atoms with Crippen LogP contribution in [-0.2, 0) is 13.7 Å². The second-order valence-corrected chi connectivity index (χ2v) is 9.79. The molecule has 9 heteroatoms. The van der Waals surface area contributed by atoms with E-state index in [4.69, 9.17) is 22.6 Å². The van der Waals surface area contributed by atoms with Gasteiger partial charge in [-0.1, -0.05) is 61.7 Å². The topological polar surface area (TPSA) is 80.3 Å². The van der Waals surface area contributed by atoms with Crippen molar-refractivity contribution in [3.05, 3.63) is 84.9 Å². The normalized spacial score (nSPS) is 14.8. The first-order valence-corrected chi connectivity index (χ1v) is 13.3. The maximum Gasteiger partial charge on any atom is 0.750 e. The van der Waals surface area contributed by atoms with E-state index in [9.17, 15) is 9.13 Å². The molecule has 1 fully saturated rings. The van der Waals surface area contributed by atoms with E-state index >= 15 is 0 Å². The van der Waals surface area contributed by atoms with E-state index in [0.717, 1.165) is 25.7 Å². The number of hydrogen-bond acceptors (Lipinski definition) is 7. The largest absolute Gasteiger partial charge is 0.750 e. The number of phosphoric ester groups is 1. The third-order valence-corrected chi connectivity index (χ3v) is 7.04. The Morgan fingerprint density at radius 3 is 1.79 bits per heavy atom. The van der Waals surface area contributed by atoms with Crippen LogP contribution in [0.25, 0.3) is 0 Å². The van der Waals surface area contributed by atoms with Crippen molar-refractivity contribution < 1.29 is 31.7 Å². The van der Waals surface area contributed by atoms with Crippen LogP contribution in [-0.4, -0.2) is 6.10 Å². The fourth-order valence-electron chi connectivity index (χ4n) is 3.39. The fourth-order valence-corrected chi connectivity index (χ4v) is 5.42. The standard InChI is InChI=1S/C24H25O7P2/c25-32(27-20-11-4-1-5-12-20)28-23-17-10-18-24(19-23)31-33(26,29-21-13-6-2-7-14-21)30-22-15-8-3-9-16-22/h2-3,6-10,13-20H,1,4-5,11-12H2/q+1. The molecule has 1 aliphatic rings. The minimum atomic E-state index is -4.13. The second kappa shape index (κ2) is 11.3. The molecule has 33 heavy (non-hydrogen) atoms. The SMILES string of the molecule is O=[P+](Oc1cccc(OP(=O)(Oc2ccccc2)Oc2ccccc2)c1)OC1CCCCC1. The van der Waals surface area contributed by atoms with Gasteiger partial charge in [0.1, 0.15) is 23.4 Å². The Morgan fingerprint density at radius 2 is 1.18 bits per heavy atom. The highest BCUT2D eigenvalue weighted by molar-refractivity contribution is 7.49. The Labute approximate surface area is 194 Å². The second-order valence-electron chi connectivity index (χ2n) is 7.50. The average Bonchev–Trinajstić information content (AvgIpc) is 2.81. The van der Waals surface area contributed by atoms with Gasteiger partial charge in [0.2, 0.25) is 0 Å². The van der Waals surface area contributed by atoms with Gasteiger partial charge in [-0.3, -0.25) is 0 Å². The highest BCUT2D eigenvalue weighted by Crippen LogP contribution is 2.50. The number of hydrogen-bond donors (Lipinski definition) is 0. The molecular weight excluding hydrogens is 462 g/mol. The molecule has 1 unspecified atom stereocenters. The first-order chi connectivity index (χ1) is 16.1. The van der Waals surface area contributed by atoms with Gasteiger partial charge in [-0.15, -0.1) is 4.52 Å². The van der Waals surface area contributed by atoms with Crippen LogP contribution in [0.4, 0.5) is 0 Å². The third kappa shape index (κ3) is 7.33. The van der Waals surface area contributed by atoms with E-state index in [1.165, 1.54) is 12.5 Å². The monoisotopic (exact) mass is 487 g/mol. The Kier molecular flexibility index (Phi) is 8.01. The van der Waals surface area contributed by atoms with Gasteiger partial charge in [-0.2, -0.15) is 4.57 Å². The van der Waals surface area contributed by atoms with Gasteiger partial charge in [0.05, 0.1) is 0 Å². The highest BCUT2D eigenvalue weighted by atomic mass is 31.2. The lowest BCUT2D eigenvalue weighted by Crippen LogP contribution is -2.13. The van der Waals surface area contributed by atoms with Crippen LogP contribution in [0.2, 0.25) is 0 Å². The molecule has 4 rings (SSSR count). The summed E-state index contributed by atoms with van der Waals surface area (Å²) < 4.78 is 53.7. The van der Waals surface area contributed by atoms with E-state index in [0.29, 0.717) is 11.5 Å². The lowest BCUT2D eigenvalue weighted by atomic mass is 9.98. The van der Waals surface area contributed by atoms with E-state index in [-0.39, 0.29) is 17.6 Å². The van der Waals surface area contributed by atoms with Gasteiger partial charge in [0.15, 0.2) is 5.75 Å². The van der Waals surface area contributed by atoms with Crippen molar-refractivity contribution in [3.63, 3.8) is 0 Å². The van der Waals surface area contributed by atoms with Gasteiger partial charge in [0.25, 0.3) is 0 Å². The molecule has 7 nitrogen and oxygen atoms in total. The molecule has 1 aliphatic carbocycles. The average molecular weight is 487 g/mol. The van der Waals surface area contributed by atoms with E-state index < -0.39 is 16.1 Å². The molecule has 0 spiro atoms. The van der Waals surface area contributed by atoms with Crippen molar-refractivity contribution in [1.29, 1.82) is 0 Å². The molecular formula is C24H25O7P2+. The lowest BCUT2D eigenvalue weighted by Gasteiger charge is -2.19. The van der Waals surface area contributed by atoms with Crippen molar-refractivity contribution in [1.82, 2.24) is 0 Å². The van der Waals surface area contributed by atoms with Gasteiger partial charge in [0, 0.05) is 10.6 Å². The van der Waals surface area contributed by atoms with Crippen molar-refractivity contribution in [2.24, 2.45) is 0 Å². The zero-order chi connectivity index (χ0) is 22.9. The van der Waals surface area contributed by atoms with Crippen LogP contribution in [0.15, 0.2) is 84.9 Å². The van der Waals surface area contributed by atoms with Gasteiger partial charge >= 0.3 is 16.1 Å². The maximum absolute atomic E-state index is 13.5.